The molecule has 25 heavy (non-hydrogen) atoms. The van der Waals surface area contributed by atoms with Crippen LogP contribution in [0.5, 0.6) is 0 Å². The van der Waals surface area contributed by atoms with Crippen LogP contribution < -0.4 is 0 Å². The summed E-state index contributed by atoms with van der Waals surface area (Å²) in [6.07, 6.45) is 4.56. The van der Waals surface area contributed by atoms with Crippen LogP contribution in [0.3, 0.4) is 0 Å². The fourth-order valence-electron chi connectivity index (χ4n) is 3.12. The van der Waals surface area contributed by atoms with E-state index in [-0.39, 0.29) is 23.5 Å². The SMILES string of the molecule is CCCN(C(=O)/C=C/c1sc2ccccc2c1Cl)C1CCS(=O)(=O)C1. The summed E-state index contributed by atoms with van der Waals surface area (Å²) in [5, 5.41) is 1.63. The van der Waals surface area contributed by atoms with Crippen molar-refractivity contribution in [2.24, 2.45) is 0 Å². The van der Waals surface area contributed by atoms with Crippen LogP contribution in [0.25, 0.3) is 16.2 Å². The Labute approximate surface area is 157 Å². The molecule has 0 N–H and O–H groups in total. The van der Waals surface area contributed by atoms with Gasteiger partial charge in [0.25, 0.3) is 0 Å². The number of halogens is 1. The minimum Gasteiger partial charge on any atom is -0.335 e. The second-order valence-electron chi connectivity index (χ2n) is 6.20. The number of hydrogen-bond acceptors (Lipinski definition) is 4. The lowest BCUT2D eigenvalue weighted by Crippen LogP contribution is -2.40. The Hall–Kier alpha value is -1.37. The Morgan fingerprint density at radius 2 is 2.16 bits per heavy atom. The third kappa shape index (κ3) is 4.07. The van der Waals surface area contributed by atoms with Crippen LogP contribution in [0.4, 0.5) is 0 Å². The number of benzene rings is 1. The molecule has 134 valence electrons. The van der Waals surface area contributed by atoms with Gasteiger partial charge in [-0.1, -0.05) is 36.7 Å². The van der Waals surface area contributed by atoms with E-state index in [9.17, 15) is 13.2 Å². The minimum absolute atomic E-state index is 0.0657. The molecule has 2 aromatic rings. The maximum atomic E-state index is 12.6. The van der Waals surface area contributed by atoms with Gasteiger partial charge in [0, 0.05) is 33.6 Å². The van der Waals surface area contributed by atoms with E-state index in [0.29, 0.717) is 18.0 Å². The van der Waals surface area contributed by atoms with Gasteiger partial charge in [-0.2, -0.15) is 0 Å². The number of rotatable bonds is 5. The van der Waals surface area contributed by atoms with E-state index in [4.69, 9.17) is 11.6 Å². The summed E-state index contributed by atoms with van der Waals surface area (Å²) in [5.41, 5.74) is 0. The zero-order chi connectivity index (χ0) is 18.0. The largest absolute Gasteiger partial charge is 0.335 e. The van der Waals surface area contributed by atoms with Crippen LogP contribution in [-0.2, 0) is 14.6 Å². The molecule has 0 radical (unpaired) electrons. The number of amides is 1. The van der Waals surface area contributed by atoms with Crippen LogP contribution >= 0.6 is 22.9 Å². The van der Waals surface area contributed by atoms with Crippen molar-refractivity contribution in [3.05, 3.63) is 40.2 Å². The molecule has 1 saturated heterocycles. The molecule has 1 aliphatic heterocycles. The first kappa shape index (κ1) is 18.4. The van der Waals surface area contributed by atoms with Gasteiger partial charge in [0.1, 0.15) is 0 Å². The molecule has 1 amide bonds. The average molecular weight is 398 g/mol. The summed E-state index contributed by atoms with van der Waals surface area (Å²) >= 11 is 7.94. The van der Waals surface area contributed by atoms with Crippen molar-refractivity contribution in [2.75, 3.05) is 18.1 Å². The highest BCUT2D eigenvalue weighted by atomic mass is 35.5. The highest BCUT2D eigenvalue weighted by Crippen LogP contribution is 2.36. The number of thiophene rings is 1. The second-order valence-corrected chi connectivity index (χ2v) is 9.89. The van der Waals surface area contributed by atoms with E-state index in [0.717, 1.165) is 21.4 Å². The first-order valence-electron chi connectivity index (χ1n) is 8.27. The predicted molar refractivity (Wildman–Crippen MR) is 105 cm³/mol. The number of nitrogens with zero attached hydrogens (tertiary/aromatic N) is 1. The summed E-state index contributed by atoms with van der Waals surface area (Å²) in [6.45, 7) is 2.54. The fourth-order valence-corrected chi connectivity index (χ4v) is 6.25. The Balaban J connectivity index is 1.80. The molecule has 7 heteroatoms. The number of sulfone groups is 1. The standard InChI is InChI=1S/C18H20ClNO3S2/c1-2-10-20(13-9-11-25(22,23)12-13)17(21)8-7-16-18(19)14-5-3-4-6-15(14)24-16/h3-8,13H,2,9-12H2,1H3/b8-7+. The number of fused-ring (bicyclic) bond motifs is 1. The monoisotopic (exact) mass is 397 g/mol. The maximum absolute atomic E-state index is 12.6. The third-order valence-corrected chi connectivity index (χ3v) is 7.74. The second kappa shape index (κ2) is 7.48. The Kier molecular flexibility index (Phi) is 5.51. The Bertz CT molecular complexity index is 918. The molecule has 0 saturated carbocycles. The molecular formula is C18H20ClNO3S2. The molecule has 1 aromatic carbocycles. The molecule has 1 atom stereocenters. The Morgan fingerprint density at radius 1 is 1.40 bits per heavy atom. The predicted octanol–water partition coefficient (Wildman–Crippen LogP) is 3.99. The topological polar surface area (TPSA) is 54.5 Å². The number of hydrogen-bond donors (Lipinski definition) is 0. The van der Waals surface area contributed by atoms with E-state index in [1.54, 1.807) is 11.0 Å². The van der Waals surface area contributed by atoms with Gasteiger partial charge in [-0.05, 0) is 25.0 Å². The Morgan fingerprint density at radius 3 is 2.80 bits per heavy atom. The van der Waals surface area contributed by atoms with Crippen molar-refractivity contribution in [3.8, 4) is 0 Å². The van der Waals surface area contributed by atoms with Crippen LogP contribution in [0, 0.1) is 0 Å². The van der Waals surface area contributed by atoms with E-state index < -0.39 is 9.84 Å². The highest BCUT2D eigenvalue weighted by Gasteiger charge is 2.33. The lowest BCUT2D eigenvalue weighted by molar-refractivity contribution is -0.127. The maximum Gasteiger partial charge on any atom is 0.246 e. The zero-order valence-corrected chi connectivity index (χ0v) is 16.3. The summed E-state index contributed by atoms with van der Waals surface area (Å²) in [6, 6.07) is 7.62. The van der Waals surface area contributed by atoms with Gasteiger partial charge < -0.3 is 4.90 Å². The molecule has 0 spiro atoms. The van der Waals surface area contributed by atoms with Gasteiger partial charge in [-0.25, -0.2) is 8.42 Å². The molecule has 0 aliphatic carbocycles. The van der Waals surface area contributed by atoms with E-state index in [1.807, 2.05) is 31.2 Å². The van der Waals surface area contributed by atoms with E-state index >= 15 is 0 Å². The molecule has 2 heterocycles. The first-order valence-corrected chi connectivity index (χ1v) is 11.3. The van der Waals surface area contributed by atoms with Crippen LogP contribution in [-0.4, -0.2) is 43.3 Å². The normalized spacial score (nSPS) is 19.7. The first-order chi connectivity index (χ1) is 11.9. The van der Waals surface area contributed by atoms with Crippen molar-refractivity contribution < 1.29 is 13.2 Å². The molecule has 1 aromatic heterocycles. The van der Waals surface area contributed by atoms with Gasteiger partial charge in [0.2, 0.25) is 5.91 Å². The van der Waals surface area contributed by atoms with Gasteiger partial charge in [-0.15, -0.1) is 11.3 Å². The van der Waals surface area contributed by atoms with Crippen molar-refractivity contribution in [1.29, 1.82) is 0 Å². The van der Waals surface area contributed by atoms with Crippen LogP contribution in [0.2, 0.25) is 5.02 Å². The van der Waals surface area contributed by atoms with Gasteiger partial charge >= 0.3 is 0 Å². The molecule has 1 aliphatic rings. The summed E-state index contributed by atoms with van der Waals surface area (Å²) in [7, 11) is -3.02. The number of carbonyl (C=O) groups excluding carboxylic acids is 1. The quantitative estimate of drug-likeness (QED) is 0.716. The van der Waals surface area contributed by atoms with Crippen molar-refractivity contribution in [3.63, 3.8) is 0 Å². The molecule has 0 bridgehead atoms. The summed E-state index contributed by atoms with van der Waals surface area (Å²) in [4.78, 5) is 15.2. The van der Waals surface area contributed by atoms with Crippen molar-refractivity contribution in [2.45, 2.75) is 25.8 Å². The van der Waals surface area contributed by atoms with E-state index in [1.165, 1.54) is 17.4 Å². The van der Waals surface area contributed by atoms with Crippen LogP contribution in [0.15, 0.2) is 30.3 Å². The van der Waals surface area contributed by atoms with Crippen molar-refractivity contribution in [1.82, 2.24) is 4.90 Å². The van der Waals surface area contributed by atoms with Crippen LogP contribution in [0.1, 0.15) is 24.6 Å². The highest BCUT2D eigenvalue weighted by molar-refractivity contribution is 7.91. The van der Waals surface area contributed by atoms with Crippen molar-refractivity contribution >= 4 is 54.8 Å². The number of carbonyl (C=O) groups is 1. The van der Waals surface area contributed by atoms with E-state index in [2.05, 4.69) is 0 Å². The lowest BCUT2D eigenvalue weighted by Gasteiger charge is -2.26. The molecule has 3 rings (SSSR count). The summed E-state index contributed by atoms with van der Waals surface area (Å²) < 4.78 is 24.5. The summed E-state index contributed by atoms with van der Waals surface area (Å²) in [5.74, 6) is 0.0743. The fraction of sp³-hybridized carbons (Fsp3) is 0.389. The molecule has 1 unspecified atom stereocenters. The molecule has 4 nitrogen and oxygen atoms in total. The molecule has 1 fully saturated rings. The third-order valence-electron chi connectivity index (χ3n) is 4.33. The minimum atomic E-state index is -3.02. The lowest BCUT2D eigenvalue weighted by atomic mass is 10.2. The zero-order valence-electron chi connectivity index (χ0n) is 13.9. The van der Waals surface area contributed by atoms with Gasteiger partial charge in [0.05, 0.1) is 16.5 Å². The van der Waals surface area contributed by atoms with Gasteiger partial charge in [-0.3, -0.25) is 4.79 Å². The molecular weight excluding hydrogens is 378 g/mol. The average Bonchev–Trinajstić information content (AvgIpc) is 3.10. The smallest absolute Gasteiger partial charge is 0.246 e. The van der Waals surface area contributed by atoms with Gasteiger partial charge in [0.15, 0.2) is 9.84 Å².